The SMILES string of the molecule is O=C(/C=C/c1ccc2c(c1)OCCO2)N[C@@H](Cc1ccccc1)c1nc(-c2ccccc2)no1. The van der Waals surface area contributed by atoms with Crippen LogP contribution in [0.25, 0.3) is 17.5 Å². The van der Waals surface area contributed by atoms with Gasteiger partial charge in [-0.1, -0.05) is 71.9 Å². The van der Waals surface area contributed by atoms with Crippen LogP contribution in [0.5, 0.6) is 11.5 Å². The first kappa shape index (κ1) is 21.5. The van der Waals surface area contributed by atoms with Gasteiger partial charge in [0.1, 0.15) is 19.3 Å². The number of carbonyl (C=O) groups excluding carboxylic acids is 1. The second-order valence-electron chi connectivity index (χ2n) is 7.81. The van der Waals surface area contributed by atoms with Crippen molar-refractivity contribution in [3.05, 3.63) is 102 Å². The van der Waals surface area contributed by atoms with Gasteiger partial charge in [-0.3, -0.25) is 4.79 Å². The highest BCUT2D eigenvalue weighted by Gasteiger charge is 2.22. The van der Waals surface area contributed by atoms with E-state index in [4.69, 9.17) is 14.0 Å². The van der Waals surface area contributed by atoms with Crippen molar-refractivity contribution in [2.75, 3.05) is 13.2 Å². The number of hydrogen-bond acceptors (Lipinski definition) is 6. The van der Waals surface area contributed by atoms with E-state index >= 15 is 0 Å². The Morgan fingerprint density at radius 1 is 0.941 bits per heavy atom. The smallest absolute Gasteiger partial charge is 0.249 e. The number of rotatable bonds is 7. The Balaban J connectivity index is 1.34. The molecule has 1 aliphatic heterocycles. The number of aromatic nitrogens is 2. The Labute approximate surface area is 197 Å². The van der Waals surface area contributed by atoms with E-state index in [1.54, 1.807) is 6.08 Å². The monoisotopic (exact) mass is 453 g/mol. The first-order chi connectivity index (χ1) is 16.7. The van der Waals surface area contributed by atoms with E-state index in [-0.39, 0.29) is 5.91 Å². The van der Waals surface area contributed by atoms with Crippen LogP contribution in [0.4, 0.5) is 0 Å². The van der Waals surface area contributed by atoms with E-state index in [9.17, 15) is 4.79 Å². The Morgan fingerprint density at radius 3 is 2.47 bits per heavy atom. The normalized spacial score (nSPS) is 13.5. The number of amides is 1. The molecule has 3 aromatic carbocycles. The maximum absolute atomic E-state index is 12.8. The van der Waals surface area contributed by atoms with Crippen molar-refractivity contribution in [1.82, 2.24) is 15.5 Å². The van der Waals surface area contributed by atoms with Crippen LogP contribution in [-0.4, -0.2) is 29.3 Å². The fraction of sp³-hybridized carbons (Fsp3) is 0.148. The number of benzene rings is 3. The molecule has 7 heteroatoms. The number of nitrogens with one attached hydrogen (secondary N) is 1. The summed E-state index contributed by atoms with van der Waals surface area (Å²) in [7, 11) is 0. The van der Waals surface area contributed by atoms with Crippen molar-refractivity contribution >= 4 is 12.0 Å². The quantitative estimate of drug-likeness (QED) is 0.411. The Morgan fingerprint density at radius 2 is 1.68 bits per heavy atom. The van der Waals surface area contributed by atoms with Crippen molar-refractivity contribution in [3.8, 4) is 22.9 Å². The highest BCUT2D eigenvalue weighted by atomic mass is 16.6. The first-order valence-corrected chi connectivity index (χ1v) is 11.1. The Hall–Kier alpha value is -4.39. The van der Waals surface area contributed by atoms with Crippen LogP contribution in [0.15, 0.2) is 89.5 Å². The first-order valence-electron chi connectivity index (χ1n) is 11.1. The molecule has 170 valence electrons. The molecule has 1 aromatic heterocycles. The lowest BCUT2D eigenvalue weighted by molar-refractivity contribution is -0.117. The summed E-state index contributed by atoms with van der Waals surface area (Å²) in [5.74, 6) is 1.95. The number of ether oxygens (including phenoxy) is 2. The number of hydrogen-bond donors (Lipinski definition) is 1. The minimum atomic E-state index is -0.482. The number of fused-ring (bicyclic) bond motifs is 1. The van der Waals surface area contributed by atoms with Crippen molar-refractivity contribution in [1.29, 1.82) is 0 Å². The molecular weight excluding hydrogens is 430 g/mol. The molecule has 0 radical (unpaired) electrons. The van der Waals surface area contributed by atoms with Gasteiger partial charge in [0.25, 0.3) is 0 Å². The summed E-state index contributed by atoms with van der Waals surface area (Å²) in [6.45, 7) is 1.05. The molecule has 34 heavy (non-hydrogen) atoms. The largest absolute Gasteiger partial charge is 0.486 e. The Bertz CT molecular complexity index is 1290. The van der Waals surface area contributed by atoms with Crippen LogP contribution < -0.4 is 14.8 Å². The van der Waals surface area contributed by atoms with Crippen LogP contribution in [0, 0.1) is 0 Å². The zero-order valence-corrected chi connectivity index (χ0v) is 18.4. The lowest BCUT2D eigenvalue weighted by Gasteiger charge is -2.18. The maximum Gasteiger partial charge on any atom is 0.249 e. The van der Waals surface area contributed by atoms with Crippen molar-refractivity contribution in [2.45, 2.75) is 12.5 Å². The summed E-state index contributed by atoms with van der Waals surface area (Å²) in [5, 5.41) is 7.11. The van der Waals surface area contributed by atoms with Gasteiger partial charge < -0.3 is 19.3 Å². The highest BCUT2D eigenvalue weighted by molar-refractivity contribution is 5.92. The topological polar surface area (TPSA) is 86.5 Å². The fourth-order valence-corrected chi connectivity index (χ4v) is 3.69. The minimum Gasteiger partial charge on any atom is -0.486 e. The molecule has 0 saturated heterocycles. The van der Waals surface area contributed by atoms with Gasteiger partial charge >= 0.3 is 0 Å². The molecule has 1 aliphatic rings. The van der Waals surface area contributed by atoms with E-state index in [2.05, 4.69) is 15.5 Å². The van der Waals surface area contributed by atoms with Crippen molar-refractivity contribution in [3.63, 3.8) is 0 Å². The predicted molar refractivity (Wildman–Crippen MR) is 127 cm³/mol. The van der Waals surface area contributed by atoms with Gasteiger partial charge in [0, 0.05) is 18.1 Å². The van der Waals surface area contributed by atoms with Gasteiger partial charge in [0.2, 0.25) is 17.6 Å². The number of nitrogens with zero attached hydrogens (tertiary/aromatic N) is 2. The summed E-state index contributed by atoms with van der Waals surface area (Å²) in [6.07, 6.45) is 3.73. The third-order valence-electron chi connectivity index (χ3n) is 5.36. The molecule has 0 spiro atoms. The molecule has 1 N–H and O–H groups in total. The standard InChI is InChI=1S/C27H23N3O4/c31-25(14-12-20-11-13-23-24(18-20)33-16-15-32-23)28-22(17-19-7-3-1-4-8-19)27-29-26(30-34-27)21-9-5-2-6-10-21/h1-14,18,22H,15-17H2,(H,28,31)/b14-12+/t22-/m0/s1. The summed E-state index contributed by atoms with van der Waals surface area (Å²) >= 11 is 0. The predicted octanol–water partition coefficient (Wildman–Crippen LogP) is 4.62. The molecule has 1 amide bonds. The molecular formula is C27H23N3O4. The summed E-state index contributed by atoms with van der Waals surface area (Å²) in [4.78, 5) is 17.4. The van der Waals surface area contributed by atoms with E-state index in [0.717, 1.165) is 16.7 Å². The molecule has 5 rings (SSSR count). The van der Waals surface area contributed by atoms with Gasteiger partial charge in [-0.15, -0.1) is 0 Å². The molecule has 7 nitrogen and oxygen atoms in total. The van der Waals surface area contributed by atoms with E-state index in [0.29, 0.717) is 42.8 Å². The van der Waals surface area contributed by atoms with Gasteiger partial charge in [-0.25, -0.2) is 0 Å². The van der Waals surface area contributed by atoms with Gasteiger partial charge in [-0.2, -0.15) is 4.98 Å². The van der Waals surface area contributed by atoms with Crippen LogP contribution in [0.2, 0.25) is 0 Å². The lowest BCUT2D eigenvalue weighted by Crippen LogP contribution is -2.28. The second-order valence-corrected chi connectivity index (χ2v) is 7.81. The van der Waals surface area contributed by atoms with E-state index < -0.39 is 6.04 Å². The lowest BCUT2D eigenvalue weighted by atomic mass is 10.1. The van der Waals surface area contributed by atoms with Crippen molar-refractivity contribution < 1.29 is 18.8 Å². The average molecular weight is 453 g/mol. The molecule has 1 atom stereocenters. The highest BCUT2D eigenvalue weighted by Crippen LogP contribution is 2.31. The summed E-state index contributed by atoms with van der Waals surface area (Å²) < 4.78 is 16.7. The van der Waals surface area contributed by atoms with E-state index in [1.807, 2.05) is 78.9 Å². The second kappa shape index (κ2) is 10.0. The third-order valence-corrected chi connectivity index (χ3v) is 5.36. The van der Waals surface area contributed by atoms with Gasteiger partial charge in [-0.05, 0) is 29.3 Å². The average Bonchev–Trinajstić information content (AvgIpc) is 3.39. The van der Waals surface area contributed by atoms with Gasteiger partial charge in [0.05, 0.1) is 0 Å². The molecule has 2 heterocycles. The summed E-state index contributed by atoms with van der Waals surface area (Å²) in [6, 6.07) is 24.5. The molecule has 4 aromatic rings. The van der Waals surface area contributed by atoms with Crippen molar-refractivity contribution in [2.24, 2.45) is 0 Å². The molecule has 0 aliphatic carbocycles. The molecule has 0 unspecified atom stereocenters. The molecule has 0 saturated carbocycles. The van der Waals surface area contributed by atoms with Crippen LogP contribution in [-0.2, 0) is 11.2 Å². The fourth-order valence-electron chi connectivity index (χ4n) is 3.69. The third kappa shape index (κ3) is 5.15. The Kier molecular flexibility index (Phi) is 6.34. The van der Waals surface area contributed by atoms with Crippen LogP contribution in [0.1, 0.15) is 23.1 Å². The minimum absolute atomic E-state index is 0.268. The van der Waals surface area contributed by atoms with Crippen LogP contribution in [0.3, 0.4) is 0 Å². The zero-order valence-electron chi connectivity index (χ0n) is 18.4. The molecule has 0 fully saturated rings. The zero-order chi connectivity index (χ0) is 23.2. The maximum atomic E-state index is 12.8. The van der Waals surface area contributed by atoms with Crippen LogP contribution >= 0.6 is 0 Å². The molecule has 0 bridgehead atoms. The number of carbonyl (C=O) groups is 1. The van der Waals surface area contributed by atoms with Gasteiger partial charge in [0.15, 0.2) is 11.5 Å². The van der Waals surface area contributed by atoms with E-state index in [1.165, 1.54) is 6.08 Å². The summed E-state index contributed by atoms with van der Waals surface area (Å²) in [5.41, 5.74) is 2.73.